The van der Waals surface area contributed by atoms with Gasteiger partial charge in [-0.25, -0.2) is 0 Å². The van der Waals surface area contributed by atoms with E-state index in [1.165, 1.54) is 19.3 Å². The molecule has 1 saturated heterocycles. The minimum atomic E-state index is 0. The molecule has 1 aliphatic rings. The van der Waals surface area contributed by atoms with Crippen LogP contribution in [0.1, 0.15) is 33.1 Å². The van der Waals surface area contributed by atoms with Gasteiger partial charge in [-0.2, -0.15) is 0 Å². The lowest BCUT2D eigenvalue weighted by Gasteiger charge is -2.32. The molecule has 1 fully saturated rings. The van der Waals surface area contributed by atoms with Crippen LogP contribution in [0, 0.1) is 0 Å². The van der Waals surface area contributed by atoms with Crippen molar-refractivity contribution in [2.24, 2.45) is 0 Å². The average molecular weight is 326 g/mol. The number of benzene rings is 1. The van der Waals surface area contributed by atoms with E-state index in [4.69, 9.17) is 4.74 Å². The van der Waals surface area contributed by atoms with Gasteiger partial charge in [-0.3, -0.25) is 9.69 Å². The van der Waals surface area contributed by atoms with E-state index in [0.717, 1.165) is 12.3 Å². The predicted molar refractivity (Wildman–Crippen MR) is 84.4 cm³/mol. The Hall–Kier alpha value is -1.26. The summed E-state index contributed by atoms with van der Waals surface area (Å²) >= 11 is 0. The van der Waals surface area contributed by atoms with Crippen LogP contribution in [0.25, 0.3) is 0 Å². The number of piperidine rings is 1. The Morgan fingerprint density at radius 3 is 2.77 bits per heavy atom. The molecule has 0 radical (unpaired) electrons. The molecule has 2 unspecified atom stereocenters. The number of amides is 1. The molecule has 2 rings (SSSR count). The number of hydrogen-bond donors (Lipinski definition) is 1. The first-order valence-corrected chi connectivity index (χ1v) is 7.86. The molecule has 1 N–H and O–H groups in total. The van der Waals surface area contributed by atoms with E-state index in [-0.39, 0.29) is 24.4 Å². The van der Waals surface area contributed by atoms with Crippen LogP contribution < -0.4 is 22.5 Å². The number of likely N-dealkylation sites (tertiary alicyclic amines) is 1. The number of rotatable bonds is 6. The van der Waals surface area contributed by atoms with Crippen LogP contribution >= 0.6 is 0 Å². The smallest absolute Gasteiger partial charge is 0.234 e. The molecule has 0 bridgehead atoms. The second kappa shape index (κ2) is 9.70. The minimum absolute atomic E-state index is 0. The van der Waals surface area contributed by atoms with Crippen LogP contribution in [0.2, 0.25) is 0 Å². The zero-order chi connectivity index (χ0) is 15.1. The van der Waals surface area contributed by atoms with Gasteiger partial charge in [0.1, 0.15) is 12.4 Å². The molecule has 1 aliphatic heterocycles. The largest absolute Gasteiger partial charge is 1.00 e. The summed E-state index contributed by atoms with van der Waals surface area (Å²) in [5.41, 5.74) is 0. The summed E-state index contributed by atoms with van der Waals surface area (Å²) < 4.78 is 5.65. The highest BCUT2D eigenvalue weighted by atomic mass is 35.5. The van der Waals surface area contributed by atoms with E-state index in [2.05, 4.69) is 17.1 Å². The van der Waals surface area contributed by atoms with E-state index in [1.54, 1.807) is 0 Å². The number of ether oxygens (including phenoxy) is 1. The van der Waals surface area contributed by atoms with E-state index < -0.39 is 0 Å². The van der Waals surface area contributed by atoms with Crippen LogP contribution in [0.15, 0.2) is 30.3 Å². The highest BCUT2D eigenvalue weighted by molar-refractivity contribution is 5.78. The molecule has 0 saturated carbocycles. The van der Waals surface area contributed by atoms with E-state index in [0.29, 0.717) is 19.2 Å². The maximum Gasteiger partial charge on any atom is 0.234 e. The van der Waals surface area contributed by atoms with Gasteiger partial charge in [-0.15, -0.1) is 0 Å². The van der Waals surface area contributed by atoms with Crippen molar-refractivity contribution < 1.29 is 21.9 Å². The topological polar surface area (TPSA) is 41.6 Å². The van der Waals surface area contributed by atoms with Gasteiger partial charge in [0.05, 0.1) is 12.6 Å². The second-order valence-corrected chi connectivity index (χ2v) is 5.91. The zero-order valence-corrected chi connectivity index (χ0v) is 14.2. The Balaban J connectivity index is 0.00000242. The molecule has 1 aromatic rings. The molecule has 1 amide bonds. The van der Waals surface area contributed by atoms with Gasteiger partial charge in [-0.1, -0.05) is 24.6 Å². The minimum Gasteiger partial charge on any atom is -1.00 e. The summed E-state index contributed by atoms with van der Waals surface area (Å²) in [6.07, 6.45) is 3.67. The van der Waals surface area contributed by atoms with Gasteiger partial charge < -0.3 is 22.5 Å². The Morgan fingerprint density at radius 2 is 2.09 bits per heavy atom. The molecule has 0 aromatic heterocycles. The molecular formula is C17H26ClN2O2-. The van der Waals surface area contributed by atoms with Gasteiger partial charge in [0.15, 0.2) is 0 Å². The van der Waals surface area contributed by atoms with Crippen molar-refractivity contribution in [3.05, 3.63) is 30.3 Å². The summed E-state index contributed by atoms with van der Waals surface area (Å²) in [4.78, 5) is 14.3. The number of para-hydroxylation sites is 1. The molecule has 1 heterocycles. The van der Waals surface area contributed by atoms with Crippen LogP contribution in [0.5, 0.6) is 5.75 Å². The maximum absolute atomic E-state index is 12.1. The predicted octanol–water partition coefficient (Wildman–Crippen LogP) is -0.551. The second-order valence-electron chi connectivity index (χ2n) is 5.91. The fourth-order valence-electron chi connectivity index (χ4n) is 2.68. The van der Waals surface area contributed by atoms with Crippen LogP contribution in [-0.2, 0) is 4.79 Å². The molecule has 124 valence electrons. The third-order valence-electron chi connectivity index (χ3n) is 3.94. The Kier molecular flexibility index (Phi) is 8.28. The number of nitrogens with zero attached hydrogens (tertiary/aromatic N) is 1. The molecule has 0 aliphatic carbocycles. The van der Waals surface area contributed by atoms with E-state index in [9.17, 15) is 4.79 Å². The number of carbonyl (C=O) groups is 1. The van der Waals surface area contributed by atoms with Gasteiger partial charge in [0, 0.05) is 6.04 Å². The molecule has 22 heavy (non-hydrogen) atoms. The van der Waals surface area contributed by atoms with Crippen molar-refractivity contribution in [2.75, 3.05) is 19.7 Å². The van der Waals surface area contributed by atoms with Crippen molar-refractivity contribution in [1.29, 1.82) is 0 Å². The third kappa shape index (κ3) is 6.24. The highest BCUT2D eigenvalue weighted by Gasteiger charge is 2.21. The molecular weight excluding hydrogens is 300 g/mol. The Bertz CT molecular complexity index is 442. The van der Waals surface area contributed by atoms with Crippen molar-refractivity contribution in [1.82, 2.24) is 10.2 Å². The summed E-state index contributed by atoms with van der Waals surface area (Å²) in [7, 11) is 0. The summed E-state index contributed by atoms with van der Waals surface area (Å²) in [5, 5.41) is 3.01. The quantitative estimate of drug-likeness (QED) is 0.763. The lowest BCUT2D eigenvalue weighted by molar-refractivity contribution is -0.123. The lowest BCUT2D eigenvalue weighted by Crippen LogP contribution is -3.00. The standard InChI is InChI=1S/C17H26N2O2.ClH/c1-14(13-21-16-9-4-3-5-10-16)18-17(20)12-19-11-7-6-8-15(19)2;/h3-5,9-10,14-15H,6-8,11-13H2,1-2H3,(H,18,20);1H/p-1. The molecule has 5 heteroatoms. The normalized spacial score (nSPS) is 19.8. The Morgan fingerprint density at radius 1 is 1.36 bits per heavy atom. The first-order chi connectivity index (χ1) is 10.1. The summed E-state index contributed by atoms with van der Waals surface area (Å²) in [6.45, 7) is 6.19. The van der Waals surface area contributed by atoms with Gasteiger partial charge in [0.25, 0.3) is 0 Å². The van der Waals surface area contributed by atoms with Gasteiger partial charge >= 0.3 is 0 Å². The molecule has 2 atom stereocenters. The average Bonchev–Trinajstić information content (AvgIpc) is 2.48. The third-order valence-corrected chi connectivity index (χ3v) is 3.94. The number of halogens is 1. The number of carbonyl (C=O) groups excluding carboxylic acids is 1. The molecule has 0 spiro atoms. The fraction of sp³-hybridized carbons (Fsp3) is 0.588. The first-order valence-electron chi connectivity index (χ1n) is 7.86. The van der Waals surface area contributed by atoms with Crippen LogP contribution in [0.4, 0.5) is 0 Å². The van der Waals surface area contributed by atoms with Crippen LogP contribution in [0.3, 0.4) is 0 Å². The monoisotopic (exact) mass is 325 g/mol. The lowest BCUT2D eigenvalue weighted by atomic mass is 10.0. The zero-order valence-electron chi connectivity index (χ0n) is 13.4. The number of hydrogen-bond acceptors (Lipinski definition) is 3. The maximum atomic E-state index is 12.1. The van der Waals surface area contributed by atoms with Crippen molar-refractivity contribution >= 4 is 5.91 Å². The Labute approximate surface area is 139 Å². The van der Waals surface area contributed by atoms with Gasteiger partial charge in [0.2, 0.25) is 5.91 Å². The van der Waals surface area contributed by atoms with Crippen molar-refractivity contribution in [3.8, 4) is 5.75 Å². The first kappa shape index (κ1) is 18.8. The molecule has 4 nitrogen and oxygen atoms in total. The van der Waals surface area contributed by atoms with E-state index >= 15 is 0 Å². The highest BCUT2D eigenvalue weighted by Crippen LogP contribution is 2.15. The summed E-state index contributed by atoms with van der Waals surface area (Å²) in [5.74, 6) is 0.927. The van der Waals surface area contributed by atoms with Crippen molar-refractivity contribution in [2.45, 2.75) is 45.2 Å². The summed E-state index contributed by atoms with van der Waals surface area (Å²) in [6, 6.07) is 10.2. The van der Waals surface area contributed by atoms with Crippen molar-refractivity contribution in [3.63, 3.8) is 0 Å². The SMILES string of the molecule is CC(COc1ccccc1)NC(=O)CN1CCCCC1C.[Cl-]. The number of nitrogens with one attached hydrogen (secondary N) is 1. The van der Waals surface area contributed by atoms with Gasteiger partial charge in [-0.05, 0) is 45.4 Å². The van der Waals surface area contributed by atoms with Crippen LogP contribution in [-0.4, -0.2) is 42.6 Å². The fourth-order valence-corrected chi connectivity index (χ4v) is 2.68. The molecule has 1 aromatic carbocycles. The van der Waals surface area contributed by atoms with E-state index in [1.807, 2.05) is 37.3 Å².